The first-order chi connectivity index (χ1) is 17.0. The van der Waals surface area contributed by atoms with E-state index in [4.69, 9.17) is 9.47 Å². The van der Waals surface area contributed by atoms with E-state index < -0.39 is 10.8 Å². The third kappa shape index (κ3) is 5.68. The van der Waals surface area contributed by atoms with Gasteiger partial charge < -0.3 is 9.47 Å². The topological polar surface area (TPSA) is 107 Å². The fourth-order valence-corrected chi connectivity index (χ4v) is 4.03. The number of rotatable bonds is 8. The van der Waals surface area contributed by atoms with E-state index >= 15 is 0 Å². The number of non-ortho nitro benzene ring substituents is 1. The van der Waals surface area contributed by atoms with Crippen molar-refractivity contribution in [1.29, 1.82) is 0 Å². The summed E-state index contributed by atoms with van der Waals surface area (Å²) < 4.78 is 11.3. The van der Waals surface area contributed by atoms with Crippen molar-refractivity contribution >= 4 is 50.6 Å². The molecule has 35 heavy (non-hydrogen) atoms. The minimum atomic E-state index is -0.476. The van der Waals surface area contributed by atoms with Crippen molar-refractivity contribution in [1.82, 2.24) is 4.98 Å². The van der Waals surface area contributed by atoms with Gasteiger partial charge in [0, 0.05) is 18.2 Å². The molecule has 0 saturated heterocycles. The number of carbonyl (C=O) groups excluding carboxylic acids is 1. The Bertz CT molecular complexity index is 1410. The van der Waals surface area contributed by atoms with Crippen LogP contribution in [0.2, 0.25) is 0 Å². The zero-order chi connectivity index (χ0) is 24.8. The maximum atomic E-state index is 13.2. The highest BCUT2D eigenvalue weighted by atomic mass is 32.1. The molecule has 0 aliphatic rings. The van der Waals surface area contributed by atoms with E-state index in [2.05, 4.69) is 10.1 Å². The molecule has 0 saturated carbocycles. The van der Waals surface area contributed by atoms with Crippen molar-refractivity contribution in [3.63, 3.8) is 0 Å². The Balaban J connectivity index is 1.65. The van der Waals surface area contributed by atoms with Gasteiger partial charge in [0.05, 0.1) is 35.6 Å². The lowest BCUT2D eigenvalue weighted by Crippen LogP contribution is -2.23. The van der Waals surface area contributed by atoms with Gasteiger partial charge in [-0.15, -0.1) is 0 Å². The average molecular weight is 489 g/mol. The summed E-state index contributed by atoms with van der Waals surface area (Å²) in [6, 6.07) is 18.6. The number of ether oxygens (including phenoxy) is 2. The van der Waals surface area contributed by atoms with Gasteiger partial charge in [0.1, 0.15) is 11.5 Å². The maximum Gasteiger partial charge on any atom is 0.273 e. The lowest BCUT2D eigenvalue weighted by molar-refractivity contribution is -0.384. The number of aromatic nitrogens is 1. The first kappa shape index (κ1) is 23.6. The number of carbonyl (C=O) groups is 1. The quantitative estimate of drug-likeness (QED) is 0.144. The molecule has 0 unspecified atom stereocenters. The van der Waals surface area contributed by atoms with Crippen LogP contribution in [0, 0.1) is 10.1 Å². The Kier molecular flexibility index (Phi) is 7.12. The highest BCUT2D eigenvalue weighted by molar-refractivity contribution is 7.22. The summed E-state index contributed by atoms with van der Waals surface area (Å²) >= 11 is 1.30. The van der Waals surface area contributed by atoms with Crippen LogP contribution in [0.4, 0.5) is 10.8 Å². The fourth-order valence-electron chi connectivity index (χ4n) is 3.07. The van der Waals surface area contributed by atoms with Crippen LogP contribution in [0.1, 0.15) is 11.1 Å². The van der Waals surface area contributed by atoms with Crippen LogP contribution >= 0.6 is 11.3 Å². The molecule has 9 nitrogen and oxygen atoms in total. The number of amides is 1. The number of nitro benzene ring substituents is 1. The summed E-state index contributed by atoms with van der Waals surface area (Å²) in [5, 5.41) is 16.9. The Morgan fingerprint density at radius 1 is 1.00 bits per heavy atom. The molecule has 4 aromatic rings. The smallest absolute Gasteiger partial charge is 0.273 e. The van der Waals surface area contributed by atoms with Gasteiger partial charge >= 0.3 is 0 Å². The highest BCUT2D eigenvalue weighted by Gasteiger charge is 2.18. The van der Waals surface area contributed by atoms with Crippen molar-refractivity contribution in [3.8, 4) is 11.5 Å². The summed E-state index contributed by atoms with van der Waals surface area (Å²) in [4.78, 5) is 28.1. The van der Waals surface area contributed by atoms with Crippen LogP contribution in [-0.2, 0) is 4.79 Å². The molecule has 0 fully saturated rings. The second kappa shape index (κ2) is 10.6. The van der Waals surface area contributed by atoms with E-state index in [0.717, 1.165) is 10.3 Å². The molecular formula is C25H20N4O5S. The maximum absolute atomic E-state index is 13.2. The number of hydrogen-bond acceptors (Lipinski definition) is 8. The second-order valence-corrected chi connectivity index (χ2v) is 8.19. The normalized spacial score (nSPS) is 11.3. The third-order valence-electron chi connectivity index (χ3n) is 4.93. The predicted molar refractivity (Wildman–Crippen MR) is 136 cm³/mol. The number of anilines is 1. The summed E-state index contributed by atoms with van der Waals surface area (Å²) in [5.41, 5.74) is 2.09. The number of nitrogens with zero attached hydrogens (tertiary/aromatic N) is 4. The molecule has 4 rings (SSSR count). The first-order valence-electron chi connectivity index (χ1n) is 10.4. The molecule has 1 aromatic heterocycles. The lowest BCUT2D eigenvalue weighted by Gasteiger charge is -2.11. The minimum absolute atomic E-state index is 0.0240. The van der Waals surface area contributed by atoms with Crippen molar-refractivity contribution in [3.05, 3.63) is 94.0 Å². The summed E-state index contributed by atoms with van der Waals surface area (Å²) in [7, 11) is 3.17. The third-order valence-corrected chi connectivity index (χ3v) is 5.93. The molecule has 0 bridgehead atoms. The predicted octanol–water partition coefficient (Wildman–Crippen LogP) is 5.30. The van der Waals surface area contributed by atoms with Crippen LogP contribution in [0.3, 0.4) is 0 Å². The molecule has 1 heterocycles. The zero-order valence-corrected chi connectivity index (χ0v) is 19.6. The van der Waals surface area contributed by atoms with Gasteiger partial charge in [0.15, 0.2) is 0 Å². The van der Waals surface area contributed by atoms with Gasteiger partial charge in [0.25, 0.3) is 11.6 Å². The van der Waals surface area contributed by atoms with Crippen molar-refractivity contribution in [2.75, 3.05) is 19.2 Å². The molecular weight excluding hydrogens is 468 g/mol. The van der Waals surface area contributed by atoms with E-state index in [0.29, 0.717) is 27.7 Å². The number of hydrogen-bond donors (Lipinski definition) is 0. The average Bonchev–Trinajstić information content (AvgIpc) is 3.31. The number of fused-ring (bicyclic) bond motifs is 1. The Morgan fingerprint density at radius 2 is 1.66 bits per heavy atom. The summed E-state index contributed by atoms with van der Waals surface area (Å²) in [6.07, 6.45) is 4.47. The Hall–Kier alpha value is -4.57. The number of nitro groups is 1. The van der Waals surface area contributed by atoms with Crippen LogP contribution in [0.25, 0.3) is 16.3 Å². The van der Waals surface area contributed by atoms with Crippen molar-refractivity contribution in [2.24, 2.45) is 5.10 Å². The largest absolute Gasteiger partial charge is 0.497 e. The molecule has 0 spiro atoms. The van der Waals surface area contributed by atoms with Crippen LogP contribution < -0.4 is 14.5 Å². The minimum Gasteiger partial charge on any atom is -0.497 e. The van der Waals surface area contributed by atoms with Gasteiger partial charge in [-0.1, -0.05) is 11.3 Å². The lowest BCUT2D eigenvalue weighted by atomic mass is 10.2. The van der Waals surface area contributed by atoms with E-state index in [1.54, 1.807) is 56.8 Å². The van der Waals surface area contributed by atoms with Crippen molar-refractivity contribution < 1.29 is 19.2 Å². The fraction of sp³-hybridized carbons (Fsp3) is 0.0800. The Labute approximate surface area is 204 Å². The van der Waals surface area contributed by atoms with Gasteiger partial charge in [-0.25, -0.2) is 4.98 Å². The Morgan fingerprint density at radius 3 is 2.31 bits per heavy atom. The molecule has 0 aliphatic carbocycles. The molecule has 3 aromatic carbocycles. The van der Waals surface area contributed by atoms with Crippen LogP contribution in [0.15, 0.2) is 77.9 Å². The number of thiazole rings is 1. The van der Waals surface area contributed by atoms with Gasteiger partial charge in [0.2, 0.25) is 5.13 Å². The van der Waals surface area contributed by atoms with E-state index in [1.807, 2.05) is 24.3 Å². The zero-order valence-electron chi connectivity index (χ0n) is 18.8. The molecule has 0 atom stereocenters. The molecule has 10 heteroatoms. The molecule has 0 aliphatic heterocycles. The van der Waals surface area contributed by atoms with Crippen LogP contribution in [-0.4, -0.2) is 36.2 Å². The van der Waals surface area contributed by atoms with Gasteiger partial charge in [-0.2, -0.15) is 10.1 Å². The summed E-state index contributed by atoms with van der Waals surface area (Å²) in [6.45, 7) is 0. The molecule has 1 amide bonds. The standard InChI is InChI=1S/C25H20N4O5S/c1-33-20-10-5-18(6-11-20)16-26-28(25-27-22-13-12-21(34-2)15-23(22)35-25)24(30)14-7-17-3-8-19(9-4-17)29(31)32/h3-16H,1-2H3/b14-7+,26-16+. The SMILES string of the molecule is COc1ccc(/C=N/N(C(=O)/C=C/c2ccc([N+](=O)[O-])cc2)c2nc3ccc(OC)cc3s2)cc1. The molecule has 0 radical (unpaired) electrons. The molecule has 0 N–H and O–H groups in total. The number of hydrazone groups is 1. The van der Waals surface area contributed by atoms with E-state index in [-0.39, 0.29) is 5.69 Å². The summed E-state index contributed by atoms with van der Waals surface area (Å²) in [5.74, 6) is 0.964. The van der Waals surface area contributed by atoms with Gasteiger partial charge in [-0.3, -0.25) is 14.9 Å². The number of benzene rings is 3. The van der Waals surface area contributed by atoms with E-state index in [1.165, 1.54) is 34.6 Å². The number of methoxy groups -OCH3 is 2. The second-order valence-electron chi connectivity index (χ2n) is 7.18. The monoisotopic (exact) mass is 488 g/mol. The van der Waals surface area contributed by atoms with Crippen LogP contribution in [0.5, 0.6) is 11.5 Å². The van der Waals surface area contributed by atoms with Gasteiger partial charge in [-0.05, 0) is 71.8 Å². The van der Waals surface area contributed by atoms with Crippen molar-refractivity contribution in [2.45, 2.75) is 0 Å². The molecule has 176 valence electrons. The van der Waals surface area contributed by atoms with E-state index in [9.17, 15) is 14.9 Å². The first-order valence-corrected chi connectivity index (χ1v) is 11.2. The highest BCUT2D eigenvalue weighted by Crippen LogP contribution is 2.32.